The van der Waals surface area contributed by atoms with Gasteiger partial charge >= 0.3 is 0 Å². The molecule has 0 saturated carbocycles. The lowest BCUT2D eigenvalue weighted by molar-refractivity contribution is 0.553. The topological polar surface area (TPSA) is 88.5 Å². The Morgan fingerprint density at radius 3 is 2.79 bits per heavy atom. The average molecular weight is 376 g/mol. The molecule has 8 heteroatoms. The molecule has 5 rings (SSSR count). The van der Waals surface area contributed by atoms with Crippen molar-refractivity contribution in [1.82, 2.24) is 25.0 Å². The molecule has 2 N–H and O–H groups in total. The summed E-state index contributed by atoms with van der Waals surface area (Å²) in [5.41, 5.74) is 1.89. The Kier molecular flexibility index (Phi) is 3.71. The summed E-state index contributed by atoms with van der Waals surface area (Å²) in [5, 5.41) is 15.4. The summed E-state index contributed by atoms with van der Waals surface area (Å²) >= 11 is 0. The number of nitrogens with zero attached hydrogens (tertiary/aromatic N) is 4. The lowest BCUT2D eigenvalue weighted by atomic mass is 9.82. The molecule has 0 fully saturated rings. The standard InChI is InChI=1S/C20H17FN6O/c1-27-19(23-10-24-27)17-14(11-5-3-2-4-6-11)9-22-15-8-12(21)7-13-16(15)18(17)25-26-20(13)28/h2-8,10,14,17,22H,9H2,1H3,(H,26,28). The molecule has 2 aromatic heterocycles. The van der Waals surface area contributed by atoms with Crippen LogP contribution in [0, 0.1) is 5.82 Å². The summed E-state index contributed by atoms with van der Waals surface area (Å²) in [6.45, 7) is 0.532. The number of aromatic amines is 1. The maximum absolute atomic E-state index is 14.2. The fourth-order valence-electron chi connectivity index (χ4n) is 4.08. The van der Waals surface area contributed by atoms with Crippen LogP contribution in [0.15, 0.2) is 53.6 Å². The van der Waals surface area contributed by atoms with Crippen LogP contribution in [0.5, 0.6) is 0 Å². The van der Waals surface area contributed by atoms with Crippen LogP contribution in [0.2, 0.25) is 0 Å². The van der Waals surface area contributed by atoms with Crippen molar-refractivity contribution in [3.05, 3.63) is 82.0 Å². The molecule has 0 radical (unpaired) electrons. The second-order valence-electron chi connectivity index (χ2n) is 6.93. The Hall–Kier alpha value is -3.55. The molecule has 2 aromatic carbocycles. The lowest BCUT2D eigenvalue weighted by Crippen LogP contribution is -2.23. The predicted octanol–water partition coefficient (Wildman–Crippen LogP) is 2.53. The van der Waals surface area contributed by atoms with Gasteiger partial charge in [0.05, 0.1) is 17.0 Å². The van der Waals surface area contributed by atoms with Crippen LogP contribution < -0.4 is 10.9 Å². The predicted molar refractivity (Wildman–Crippen MR) is 103 cm³/mol. The number of nitrogens with one attached hydrogen (secondary N) is 2. The van der Waals surface area contributed by atoms with Crippen LogP contribution >= 0.6 is 0 Å². The number of hydrogen-bond donors (Lipinski definition) is 2. The molecule has 0 saturated heterocycles. The quantitative estimate of drug-likeness (QED) is 0.561. The molecule has 2 atom stereocenters. The van der Waals surface area contributed by atoms with Crippen molar-refractivity contribution in [1.29, 1.82) is 0 Å². The summed E-state index contributed by atoms with van der Waals surface area (Å²) in [6, 6.07) is 12.7. The maximum Gasteiger partial charge on any atom is 0.272 e. The fraction of sp³-hybridized carbons (Fsp3) is 0.200. The first-order valence-corrected chi connectivity index (χ1v) is 8.98. The minimum Gasteiger partial charge on any atom is -0.384 e. The number of benzene rings is 2. The fourth-order valence-corrected chi connectivity index (χ4v) is 4.08. The highest BCUT2D eigenvalue weighted by atomic mass is 19.1. The van der Waals surface area contributed by atoms with Crippen molar-refractivity contribution in [2.75, 3.05) is 11.9 Å². The first-order chi connectivity index (χ1) is 13.6. The van der Waals surface area contributed by atoms with Crippen LogP contribution in [-0.2, 0) is 7.05 Å². The molecule has 140 valence electrons. The summed E-state index contributed by atoms with van der Waals surface area (Å²) in [7, 11) is 1.83. The molecule has 2 unspecified atom stereocenters. The molecule has 1 aliphatic heterocycles. The number of anilines is 1. The maximum atomic E-state index is 14.2. The molecule has 1 aliphatic rings. The van der Waals surface area contributed by atoms with Gasteiger partial charge in [-0.05, 0) is 17.7 Å². The second kappa shape index (κ2) is 6.26. The normalized spacial score (nSPS) is 18.6. The van der Waals surface area contributed by atoms with Gasteiger partial charge in [0.2, 0.25) is 0 Å². The minimum atomic E-state index is -0.467. The van der Waals surface area contributed by atoms with E-state index in [0.29, 0.717) is 23.3 Å². The van der Waals surface area contributed by atoms with Gasteiger partial charge in [-0.2, -0.15) is 10.2 Å². The smallest absolute Gasteiger partial charge is 0.272 e. The Bertz CT molecular complexity index is 1230. The van der Waals surface area contributed by atoms with Crippen molar-refractivity contribution in [2.45, 2.75) is 11.8 Å². The SMILES string of the molecule is Cn1ncnc1C1c2n[nH]c(=O)c3cc(F)cc(c23)NCC1c1ccccc1. The number of rotatable bonds is 2. The van der Waals surface area contributed by atoms with Crippen molar-refractivity contribution in [3.63, 3.8) is 0 Å². The molecule has 7 nitrogen and oxygen atoms in total. The highest BCUT2D eigenvalue weighted by molar-refractivity contribution is 5.96. The third kappa shape index (κ3) is 2.49. The highest BCUT2D eigenvalue weighted by Crippen LogP contribution is 2.43. The van der Waals surface area contributed by atoms with Crippen LogP contribution in [0.1, 0.15) is 28.9 Å². The van der Waals surface area contributed by atoms with Gasteiger partial charge in [-0.1, -0.05) is 30.3 Å². The van der Waals surface area contributed by atoms with Gasteiger partial charge in [-0.25, -0.2) is 14.5 Å². The van der Waals surface area contributed by atoms with E-state index < -0.39 is 11.4 Å². The van der Waals surface area contributed by atoms with Gasteiger partial charge in [0.15, 0.2) is 0 Å². The summed E-state index contributed by atoms with van der Waals surface area (Å²) in [4.78, 5) is 16.8. The zero-order chi connectivity index (χ0) is 19.3. The molecular weight excluding hydrogens is 359 g/mol. The Morgan fingerprint density at radius 2 is 2.04 bits per heavy atom. The van der Waals surface area contributed by atoms with Gasteiger partial charge < -0.3 is 5.32 Å². The number of hydrogen-bond acceptors (Lipinski definition) is 5. The van der Waals surface area contributed by atoms with Gasteiger partial charge in [-0.15, -0.1) is 0 Å². The van der Waals surface area contributed by atoms with E-state index in [9.17, 15) is 9.18 Å². The molecule has 0 spiro atoms. The summed E-state index contributed by atoms with van der Waals surface area (Å²) in [6.07, 6.45) is 1.50. The van der Waals surface area contributed by atoms with E-state index in [2.05, 4.69) is 37.7 Å². The molecule has 0 bridgehead atoms. The minimum absolute atomic E-state index is 0.0406. The van der Waals surface area contributed by atoms with Crippen LogP contribution in [0.25, 0.3) is 10.8 Å². The molecule has 4 aromatic rings. The lowest BCUT2D eigenvalue weighted by Gasteiger charge is -2.25. The van der Waals surface area contributed by atoms with E-state index in [1.165, 1.54) is 18.5 Å². The first kappa shape index (κ1) is 16.6. The number of halogens is 1. The number of aryl methyl sites for hydroxylation is 1. The van der Waals surface area contributed by atoms with Gasteiger partial charge in [-0.3, -0.25) is 9.48 Å². The van der Waals surface area contributed by atoms with E-state index in [0.717, 1.165) is 11.4 Å². The van der Waals surface area contributed by atoms with E-state index in [4.69, 9.17) is 0 Å². The van der Waals surface area contributed by atoms with Gasteiger partial charge in [0.25, 0.3) is 5.56 Å². The Balaban J connectivity index is 1.85. The monoisotopic (exact) mass is 376 g/mol. The molecule has 3 heterocycles. The zero-order valence-electron chi connectivity index (χ0n) is 15.1. The Morgan fingerprint density at radius 1 is 1.21 bits per heavy atom. The van der Waals surface area contributed by atoms with Gasteiger partial charge in [0, 0.05) is 30.6 Å². The van der Waals surface area contributed by atoms with E-state index in [-0.39, 0.29) is 17.2 Å². The zero-order valence-corrected chi connectivity index (χ0v) is 15.1. The van der Waals surface area contributed by atoms with Crippen LogP contribution in [0.4, 0.5) is 10.1 Å². The summed E-state index contributed by atoms with van der Waals surface area (Å²) < 4.78 is 15.9. The highest BCUT2D eigenvalue weighted by Gasteiger charge is 2.35. The average Bonchev–Trinajstić information content (AvgIpc) is 3.05. The molecule has 28 heavy (non-hydrogen) atoms. The van der Waals surface area contributed by atoms with Crippen LogP contribution in [-0.4, -0.2) is 31.5 Å². The van der Waals surface area contributed by atoms with Crippen molar-refractivity contribution in [2.24, 2.45) is 7.05 Å². The van der Waals surface area contributed by atoms with Crippen molar-refractivity contribution >= 4 is 16.5 Å². The van der Waals surface area contributed by atoms with E-state index in [1.807, 2.05) is 25.2 Å². The number of H-pyrrole nitrogens is 1. The van der Waals surface area contributed by atoms with E-state index in [1.54, 1.807) is 4.68 Å². The van der Waals surface area contributed by atoms with Crippen LogP contribution in [0.3, 0.4) is 0 Å². The van der Waals surface area contributed by atoms with Crippen molar-refractivity contribution < 1.29 is 4.39 Å². The molecular formula is C20H17FN6O. The van der Waals surface area contributed by atoms with Gasteiger partial charge in [0.1, 0.15) is 18.0 Å². The Labute approximate surface area is 159 Å². The first-order valence-electron chi connectivity index (χ1n) is 8.98. The molecule has 0 aliphatic carbocycles. The third-order valence-electron chi connectivity index (χ3n) is 5.34. The largest absolute Gasteiger partial charge is 0.384 e. The summed E-state index contributed by atoms with van der Waals surface area (Å²) in [5.74, 6) is -0.0469. The third-order valence-corrected chi connectivity index (χ3v) is 5.34. The molecule has 0 amide bonds. The second-order valence-corrected chi connectivity index (χ2v) is 6.93. The number of aromatic nitrogens is 5. The van der Waals surface area contributed by atoms with Crippen molar-refractivity contribution in [3.8, 4) is 0 Å². The van der Waals surface area contributed by atoms with E-state index >= 15 is 0 Å².